The van der Waals surface area contributed by atoms with E-state index in [1.165, 1.54) is 0 Å². The SMILES string of the molecule is Clc1cccc(-c2cnc(Br)c3nccn23)c1Cl. The van der Waals surface area contributed by atoms with Crippen molar-refractivity contribution in [2.24, 2.45) is 0 Å². The van der Waals surface area contributed by atoms with E-state index in [9.17, 15) is 0 Å². The number of fused-ring (bicyclic) bond motifs is 1. The number of nitrogens with zero attached hydrogens (tertiary/aromatic N) is 3. The third-order valence-electron chi connectivity index (χ3n) is 2.61. The molecule has 0 saturated carbocycles. The zero-order valence-electron chi connectivity index (χ0n) is 8.94. The van der Waals surface area contributed by atoms with Gasteiger partial charge in [-0.3, -0.25) is 4.40 Å². The Morgan fingerprint density at radius 3 is 2.83 bits per heavy atom. The van der Waals surface area contributed by atoms with E-state index in [0.717, 1.165) is 16.9 Å². The second-order valence-electron chi connectivity index (χ2n) is 3.66. The van der Waals surface area contributed by atoms with Gasteiger partial charge in [0.15, 0.2) is 5.65 Å². The number of rotatable bonds is 1. The van der Waals surface area contributed by atoms with Crippen molar-refractivity contribution in [2.75, 3.05) is 0 Å². The van der Waals surface area contributed by atoms with E-state index in [4.69, 9.17) is 23.2 Å². The van der Waals surface area contributed by atoms with Crippen LogP contribution in [0.3, 0.4) is 0 Å². The Kier molecular flexibility index (Phi) is 3.01. The van der Waals surface area contributed by atoms with E-state index < -0.39 is 0 Å². The minimum Gasteiger partial charge on any atom is -0.296 e. The van der Waals surface area contributed by atoms with Crippen LogP contribution in [0.5, 0.6) is 0 Å². The summed E-state index contributed by atoms with van der Waals surface area (Å²) in [7, 11) is 0. The van der Waals surface area contributed by atoms with E-state index in [2.05, 4.69) is 25.9 Å². The van der Waals surface area contributed by atoms with Crippen LogP contribution in [-0.4, -0.2) is 14.4 Å². The van der Waals surface area contributed by atoms with E-state index in [1.54, 1.807) is 18.5 Å². The van der Waals surface area contributed by atoms with Crippen molar-refractivity contribution in [3.63, 3.8) is 0 Å². The largest absolute Gasteiger partial charge is 0.296 e. The molecule has 1 aromatic carbocycles. The van der Waals surface area contributed by atoms with Gasteiger partial charge in [0, 0.05) is 18.0 Å². The van der Waals surface area contributed by atoms with Crippen LogP contribution in [0.4, 0.5) is 0 Å². The molecule has 0 radical (unpaired) electrons. The fraction of sp³-hybridized carbons (Fsp3) is 0. The van der Waals surface area contributed by atoms with E-state index in [1.807, 2.05) is 22.7 Å². The van der Waals surface area contributed by atoms with Gasteiger partial charge in [-0.2, -0.15) is 0 Å². The molecule has 0 amide bonds. The molecule has 0 atom stereocenters. The minimum atomic E-state index is 0.512. The Hall–Kier alpha value is -1.10. The maximum absolute atomic E-state index is 6.23. The molecule has 3 aromatic rings. The first-order chi connectivity index (χ1) is 8.68. The molecule has 90 valence electrons. The van der Waals surface area contributed by atoms with Crippen LogP contribution in [0.2, 0.25) is 10.0 Å². The molecule has 0 fully saturated rings. The van der Waals surface area contributed by atoms with Crippen LogP contribution in [0, 0.1) is 0 Å². The summed E-state index contributed by atoms with van der Waals surface area (Å²) in [4.78, 5) is 8.49. The summed E-state index contributed by atoms with van der Waals surface area (Å²) >= 11 is 15.6. The molecule has 0 spiro atoms. The summed E-state index contributed by atoms with van der Waals surface area (Å²) in [6, 6.07) is 5.51. The maximum atomic E-state index is 6.23. The molecular formula is C12H6BrCl2N3. The van der Waals surface area contributed by atoms with Gasteiger partial charge in [0.05, 0.1) is 21.9 Å². The molecule has 0 saturated heterocycles. The standard InChI is InChI=1S/C12H6BrCl2N3/c13-11-12-16-4-5-18(12)9(6-17-11)7-2-1-3-8(14)10(7)15/h1-6H. The predicted octanol–water partition coefficient (Wildman–Crippen LogP) is 4.47. The lowest BCUT2D eigenvalue weighted by Crippen LogP contribution is -1.95. The summed E-state index contributed by atoms with van der Waals surface area (Å²) in [5.41, 5.74) is 2.41. The molecule has 0 aliphatic heterocycles. The van der Waals surface area contributed by atoms with E-state index in [-0.39, 0.29) is 0 Å². The van der Waals surface area contributed by atoms with Crippen LogP contribution in [0.1, 0.15) is 0 Å². The zero-order valence-corrected chi connectivity index (χ0v) is 12.0. The number of hydrogen-bond donors (Lipinski definition) is 0. The summed E-state index contributed by atoms with van der Waals surface area (Å²) in [6.45, 7) is 0. The molecule has 2 heterocycles. The van der Waals surface area contributed by atoms with Crippen molar-refractivity contribution in [1.82, 2.24) is 14.4 Å². The van der Waals surface area contributed by atoms with Crippen molar-refractivity contribution >= 4 is 44.8 Å². The first kappa shape index (κ1) is 12.0. The van der Waals surface area contributed by atoms with E-state index in [0.29, 0.717) is 14.6 Å². The maximum Gasteiger partial charge on any atom is 0.170 e. The first-order valence-corrected chi connectivity index (χ1v) is 6.65. The third-order valence-corrected chi connectivity index (χ3v) is 3.99. The second kappa shape index (κ2) is 4.53. The molecular weight excluding hydrogens is 337 g/mol. The highest BCUT2D eigenvalue weighted by Gasteiger charge is 2.12. The molecule has 2 aromatic heterocycles. The summed E-state index contributed by atoms with van der Waals surface area (Å²) < 4.78 is 2.60. The van der Waals surface area contributed by atoms with Crippen LogP contribution in [0.15, 0.2) is 41.4 Å². The zero-order chi connectivity index (χ0) is 12.7. The minimum absolute atomic E-state index is 0.512. The molecule has 3 nitrogen and oxygen atoms in total. The molecule has 6 heteroatoms. The summed E-state index contributed by atoms with van der Waals surface area (Å²) in [5.74, 6) is 0. The Morgan fingerprint density at radius 1 is 1.17 bits per heavy atom. The normalized spacial score (nSPS) is 11.1. The van der Waals surface area contributed by atoms with Crippen molar-refractivity contribution in [1.29, 1.82) is 0 Å². The Balaban J connectivity index is 2.35. The fourth-order valence-electron chi connectivity index (χ4n) is 1.79. The van der Waals surface area contributed by atoms with Gasteiger partial charge in [-0.1, -0.05) is 35.3 Å². The number of benzene rings is 1. The van der Waals surface area contributed by atoms with E-state index >= 15 is 0 Å². The smallest absolute Gasteiger partial charge is 0.170 e. The van der Waals surface area contributed by atoms with Crippen molar-refractivity contribution in [2.45, 2.75) is 0 Å². The highest BCUT2D eigenvalue weighted by atomic mass is 79.9. The molecule has 0 N–H and O–H groups in total. The molecule has 3 rings (SSSR count). The van der Waals surface area contributed by atoms with Gasteiger partial charge < -0.3 is 0 Å². The lowest BCUT2D eigenvalue weighted by Gasteiger charge is -2.08. The van der Waals surface area contributed by atoms with Gasteiger partial charge in [0.25, 0.3) is 0 Å². The van der Waals surface area contributed by atoms with Crippen molar-refractivity contribution in [3.05, 3.63) is 51.4 Å². The fourth-order valence-corrected chi connectivity index (χ4v) is 2.58. The second-order valence-corrected chi connectivity index (χ2v) is 5.19. The van der Waals surface area contributed by atoms with Crippen LogP contribution >= 0.6 is 39.1 Å². The van der Waals surface area contributed by atoms with Gasteiger partial charge in [-0.25, -0.2) is 9.97 Å². The van der Waals surface area contributed by atoms with Crippen molar-refractivity contribution < 1.29 is 0 Å². The Morgan fingerprint density at radius 2 is 2.00 bits per heavy atom. The first-order valence-electron chi connectivity index (χ1n) is 5.10. The van der Waals surface area contributed by atoms with Gasteiger partial charge in [0.2, 0.25) is 0 Å². The Labute approximate surface area is 122 Å². The number of halogens is 3. The number of hydrogen-bond acceptors (Lipinski definition) is 2. The molecule has 18 heavy (non-hydrogen) atoms. The van der Waals surface area contributed by atoms with Crippen LogP contribution in [-0.2, 0) is 0 Å². The quantitative estimate of drug-likeness (QED) is 0.653. The van der Waals surface area contributed by atoms with Crippen LogP contribution < -0.4 is 0 Å². The van der Waals surface area contributed by atoms with Gasteiger partial charge in [-0.15, -0.1) is 0 Å². The lowest BCUT2D eigenvalue weighted by molar-refractivity contribution is 1.11. The molecule has 0 aliphatic carbocycles. The highest BCUT2D eigenvalue weighted by Crippen LogP contribution is 2.33. The average molecular weight is 343 g/mol. The Bertz CT molecular complexity index is 739. The summed E-state index contributed by atoms with van der Waals surface area (Å²) in [5, 5.41) is 1.03. The van der Waals surface area contributed by atoms with Gasteiger partial charge in [0.1, 0.15) is 4.60 Å². The lowest BCUT2D eigenvalue weighted by atomic mass is 10.1. The molecule has 0 bridgehead atoms. The average Bonchev–Trinajstić information content (AvgIpc) is 2.84. The number of aromatic nitrogens is 3. The number of imidazole rings is 1. The highest BCUT2D eigenvalue weighted by molar-refractivity contribution is 9.10. The predicted molar refractivity (Wildman–Crippen MR) is 76.1 cm³/mol. The van der Waals surface area contributed by atoms with Crippen molar-refractivity contribution in [3.8, 4) is 11.3 Å². The monoisotopic (exact) mass is 341 g/mol. The summed E-state index contributed by atoms with van der Waals surface area (Å²) in [6.07, 6.45) is 5.30. The molecule has 0 unspecified atom stereocenters. The topological polar surface area (TPSA) is 30.2 Å². The van der Waals surface area contributed by atoms with Gasteiger partial charge >= 0.3 is 0 Å². The van der Waals surface area contributed by atoms with Crippen LogP contribution in [0.25, 0.3) is 16.9 Å². The van der Waals surface area contributed by atoms with Gasteiger partial charge in [-0.05, 0) is 22.0 Å². The third kappa shape index (κ3) is 1.81. The molecule has 0 aliphatic rings.